The number of rotatable bonds is 4. The van der Waals surface area contributed by atoms with Gasteiger partial charge in [0, 0.05) is 17.1 Å². The molecule has 1 aromatic heterocycles. The van der Waals surface area contributed by atoms with Crippen LogP contribution in [0.15, 0.2) is 30.5 Å². The van der Waals surface area contributed by atoms with Gasteiger partial charge in [0.15, 0.2) is 0 Å². The van der Waals surface area contributed by atoms with Gasteiger partial charge in [-0.15, -0.1) is 0 Å². The first kappa shape index (κ1) is 18.1. The first-order valence-corrected chi connectivity index (χ1v) is 6.31. The molecule has 2 aromatic rings. The second kappa shape index (κ2) is 7.87. The van der Waals surface area contributed by atoms with E-state index < -0.39 is 5.97 Å². The van der Waals surface area contributed by atoms with Gasteiger partial charge in [-0.1, -0.05) is 23.2 Å². The number of nitrogens with one attached hydrogen (secondary N) is 1. The van der Waals surface area contributed by atoms with Crippen molar-refractivity contribution < 1.29 is 44.6 Å². The fraction of sp³-hybridized carbons (Fsp3) is 0.0769. The van der Waals surface area contributed by atoms with E-state index >= 15 is 0 Å². The van der Waals surface area contributed by atoms with Crippen molar-refractivity contribution >= 4 is 34.9 Å². The third-order valence-corrected chi connectivity index (χ3v) is 3.07. The van der Waals surface area contributed by atoms with Crippen molar-refractivity contribution in [1.29, 1.82) is 0 Å². The summed E-state index contributed by atoms with van der Waals surface area (Å²) < 4.78 is 0. The van der Waals surface area contributed by atoms with Crippen molar-refractivity contribution in [3.63, 3.8) is 0 Å². The van der Waals surface area contributed by atoms with Gasteiger partial charge in [0.2, 0.25) is 0 Å². The van der Waals surface area contributed by atoms with E-state index in [2.05, 4.69) is 10.3 Å². The summed E-state index contributed by atoms with van der Waals surface area (Å²) in [6, 6.07) is 5.89. The number of aromatic hydroxyl groups is 1. The molecule has 0 aliphatic rings. The maximum atomic E-state index is 10.6. The molecule has 0 saturated carbocycles. The molecule has 0 amide bonds. The second-order valence-corrected chi connectivity index (χ2v) is 4.81. The molecule has 0 bridgehead atoms. The van der Waals surface area contributed by atoms with Gasteiger partial charge in [0.1, 0.15) is 5.75 Å². The van der Waals surface area contributed by atoms with Crippen LogP contribution < -0.4 is 40.0 Å². The van der Waals surface area contributed by atoms with Crippen molar-refractivity contribution in [3.05, 3.63) is 51.8 Å². The molecule has 0 unspecified atom stereocenters. The zero-order valence-corrected chi connectivity index (χ0v) is 14.6. The first-order valence-electron chi connectivity index (χ1n) is 5.55. The quantitative estimate of drug-likeness (QED) is 0.706. The number of benzene rings is 1. The summed E-state index contributed by atoms with van der Waals surface area (Å²) in [5, 5.41) is 23.9. The van der Waals surface area contributed by atoms with Crippen LogP contribution in [-0.4, -0.2) is 16.1 Å². The van der Waals surface area contributed by atoms with Crippen LogP contribution >= 0.6 is 23.2 Å². The smallest absolute Gasteiger partial charge is 0.543 e. The Balaban J connectivity index is 0.00000220. The number of hydrogen-bond donors (Lipinski definition) is 2. The Bertz CT molecular complexity index is 651. The Morgan fingerprint density at radius 2 is 2.05 bits per heavy atom. The van der Waals surface area contributed by atoms with Crippen LogP contribution in [-0.2, 0) is 6.54 Å². The van der Waals surface area contributed by atoms with Crippen LogP contribution in [0.2, 0.25) is 10.0 Å². The Labute approximate surface area is 153 Å². The number of carbonyl (C=O) groups excluding carboxylic acids is 1. The number of carboxylic acids is 1. The van der Waals surface area contributed by atoms with E-state index in [9.17, 15) is 15.0 Å². The molecule has 0 radical (unpaired) electrons. The van der Waals surface area contributed by atoms with Crippen molar-refractivity contribution in [2.24, 2.45) is 0 Å². The Kier molecular flexibility index (Phi) is 6.77. The molecular weight excluding hydrogens is 326 g/mol. The third kappa shape index (κ3) is 4.76. The normalized spacial score (nSPS) is 9.81. The topological polar surface area (TPSA) is 85.3 Å². The Morgan fingerprint density at radius 3 is 2.62 bits per heavy atom. The van der Waals surface area contributed by atoms with E-state index in [4.69, 9.17) is 23.2 Å². The van der Waals surface area contributed by atoms with Gasteiger partial charge in [-0.05, 0) is 24.3 Å². The van der Waals surface area contributed by atoms with E-state index in [1.165, 1.54) is 18.3 Å². The van der Waals surface area contributed by atoms with Crippen molar-refractivity contribution in [1.82, 2.24) is 4.98 Å². The summed E-state index contributed by atoms with van der Waals surface area (Å²) in [5.74, 6) is -1.39. The zero-order chi connectivity index (χ0) is 14.7. The van der Waals surface area contributed by atoms with Crippen LogP contribution in [0.3, 0.4) is 0 Å². The number of anilines is 1. The van der Waals surface area contributed by atoms with Crippen LogP contribution in [0.25, 0.3) is 0 Å². The number of pyridine rings is 1. The predicted molar refractivity (Wildman–Crippen MR) is 74.0 cm³/mol. The summed E-state index contributed by atoms with van der Waals surface area (Å²) in [5.41, 5.74) is 0.959. The molecule has 21 heavy (non-hydrogen) atoms. The molecule has 104 valence electrons. The average Bonchev–Trinajstić information content (AvgIpc) is 2.41. The first-order chi connectivity index (χ1) is 9.47. The third-order valence-electron chi connectivity index (χ3n) is 2.56. The summed E-state index contributed by atoms with van der Waals surface area (Å²) in [6.07, 6.45) is 1.36. The molecule has 0 aliphatic carbocycles. The van der Waals surface area contributed by atoms with Crippen LogP contribution in [0.4, 0.5) is 5.69 Å². The molecule has 0 aliphatic heterocycles. The number of hydrogen-bond acceptors (Lipinski definition) is 5. The van der Waals surface area contributed by atoms with Gasteiger partial charge in [-0.3, -0.25) is 4.98 Å². The molecule has 2 rings (SSSR count). The summed E-state index contributed by atoms with van der Waals surface area (Å²) in [7, 11) is 0. The Hall–Kier alpha value is -0.980. The summed E-state index contributed by atoms with van der Waals surface area (Å²) in [6.45, 7) is 0.262. The zero-order valence-electron chi connectivity index (χ0n) is 11.1. The molecule has 0 fully saturated rings. The minimum atomic E-state index is -1.34. The SMILES string of the molecule is O=C([O-])c1ccc(NCc2cc(Cl)cc(Cl)c2O)cn1.[Na+]. The van der Waals surface area contributed by atoms with Gasteiger partial charge in [-0.2, -0.15) is 0 Å². The molecule has 8 heteroatoms. The summed E-state index contributed by atoms with van der Waals surface area (Å²) >= 11 is 11.7. The monoisotopic (exact) mass is 334 g/mol. The predicted octanol–water partition coefficient (Wildman–Crippen LogP) is -0.926. The van der Waals surface area contributed by atoms with Crippen molar-refractivity contribution in [2.75, 3.05) is 5.32 Å². The minimum Gasteiger partial charge on any atom is -0.543 e. The van der Waals surface area contributed by atoms with E-state index in [1.54, 1.807) is 12.1 Å². The largest absolute Gasteiger partial charge is 1.00 e. The Morgan fingerprint density at radius 1 is 1.33 bits per heavy atom. The van der Waals surface area contributed by atoms with Crippen LogP contribution in [0.5, 0.6) is 5.75 Å². The molecule has 0 saturated heterocycles. The van der Waals surface area contributed by atoms with Gasteiger partial charge < -0.3 is 20.3 Å². The van der Waals surface area contributed by atoms with Crippen LogP contribution in [0.1, 0.15) is 16.1 Å². The van der Waals surface area contributed by atoms with E-state index in [0.29, 0.717) is 16.3 Å². The van der Waals surface area contributed by atoms with E-state index in [0.717, 1.165) is 0 Å². The van der Waals surface area contributed by atoms with Gasteiger partial charge in [-0.25, -0.2) is 0 Å². The van der Waals surface area contributed by atoms with E-state index in [-0.39, 0.29) is 52.6 Å². The van der Waals surface area contributed by atoms with E-state index in [1.807, 2.05) is 0 Å². The number of nitrogens with zero attached hydrogens (tertiary/aromatic N) is 1. The number of aromatic carboxylic acids is 1. The molecule has 1 heterocycles. The summed E-state index contributed by atoms with van der Waals surface area (Å²) in [4.78, 5) is 14.3. The number of phenols is 1. The van der Waals surface area contributed by atoms with Gasteiger partial charge in [0.05, 0.1) is 28.6 Å². The fourth-order valence-corrected chi connectivity index (χ4v) is 2.11. The van der Waals surface area contributed by atoms with Crippen LogP contribution in [0, 0.1) is 0 Å². The maximum Gasteiger partial charge on any atom is 1.00 e. The molecule has 0 atom stereocenters. The van der Waals surface area contributed by atoms with Gasteiger partial charge in [0.25, 0.3) is 0 Å². The molecule has 5 nitrogen and oxygen atoms in total. The average molecular weight is 335 g/mol. The fourth-order valence-electron chi connectivity index (χ4n) is 1.57. The number of carboxylic acid groups (broad SMARTS) is 1. The minimum absolute atomic E-state index is 0. The number of halogens is 2. The van der Waals surface area contributed by atoms with Crippen molar-refractivity contribution in [3.8, 4) is 5.75 Å². The number of phenolic OH excluding ortho intramolecular Hbond substituents is 1. The maximum absolute atomic E-state index is 10.6. The van der Waals surface area contributed by atoms with Gasteiger partial charge >= 0.3 is 29.6 Å². The molecule has 1 aromatic carbocycles. The molecular formula is C13H9Cl2N2NaO3. The molecule has 2 N–H and O–H groups in total. The van der Waals surface area contributed by atoms with Crippen molar-refractivity contribution in [2.45, 2.75) is 6.54 Å². The second-order valence-electron chi connectivity index (χ2n) is 3.97. The molecule has 0 spiro atoms. The standard InChI is InChI=1S/C13H10Cl2N2O3.Na/c14-8-3-7(12(18)10(15)4-8)5-16-9-1-2-11(13(19)20)17-6-9;/h1-4,6,16,18H,5H2,(H,19,20);/q;+1/p-1. The number of aromatic nitrogens is 1. The number of carbonyl (C=O) groups is 1.